The molecule has 0 saturated heterocycles. The first kappa shape index (κ1) is 18.9. The van der Waals surface area contributed by atoms with E-state index < -0.39 is 5.60 Å². The van der Waals surface area contributed by atoms with Gasteiger partial charge in [-0.25, -0.2) is 4.79 Å². The van der Waals surface area contributed by atoms with Crippen LogP contribution in [0.3, 0.4) is 0 Å². The zero-order valence-corrected chi connectivity index (χ0v) is 17.7. The summed E-state index contributed by atoms with van der Waals surface area (Å²) in [6, 6.07) is 0. The number of carbonyl (C=O) groups excluding carboxylic acids is 2. The number of amides is 2. The Morgan fingerprint density at radius 1 is 1.14 bits per heavy atom. The number of hydrogen-bond donors (Lipinski definition) is 2. The van der Waals surface area contributed by atoms with E-state index in [1.165, 1.54) is 19.3 Å². The summed E-state index contributed by atoms with van der Waals surface area (Å²) in [5, 5.41) is 10.6. The maximum absolute atomic E-state index is 13.4. The molecule has 4 fully saturated rings. The molecular weight excluding hydrogens is 368 g/mol. The van der Waals surface area contributed by atoms with Crippen LogP contribution < -0.4 is 5.32 Å². The molecular formula is C22H32N4O3. The SMILES string of the molecule is CC(C)(C)OC(=O)N1CCc2[nH]nc(NC(=O)C34CC5CC(CC(C5)C3)C4)c2C1. The van der Waals surface area contributed by atoms with E-state index in [9.17, 15) is 9.59 Å². The lowest BCUT2D eigenvalue weighted by Gasteiger charge is -2.55. The van der Waals surface area contributed by atoms with Crippen molar-refractivity contribution in [3.8, 4) is 0 Å². The van der Waals surface area contributed by atoms with Gasteiger partial charge in [-0.2, -0.15) is 5.10 Å². The average Bonchev–Trinajstić information content (AvgIpc) is 3.01. The summed E-state index contributed by atoms with van der Waals surface area (Å²) >= 11 is 0. The molecule has 0 atom stereocenters. The topological polar surface area (TPSA) is 87.3 Å². The first-order valence-electron chi connectivity index (χ1n) is 11.1. The molecule has 4 bridgehead atoms. The second-order valence-electron chi connectivity index (χ2n) is 10.8. The van der Waals surface area contributed by atoms with Gasteiger partial charge in [0, 0.05) is 24.2 Å². The van der Waals surface area contributed by atoms with Crippen molar-refractivity contribution < 1.29 is 14.3 Å². The third kappa shape index (κ3) is 3.42. The van der Waals surface area contributed by atoms with Gasteiger partial charge in [0.1, 0.15) is 5.60 Å². The number of rotatable bonds is 2. The Morgan fingerprint density at radius 3 is 2.34 bits per heavy atom. The molecule has 5 aliphatic rings. The maximum atomic E-state index is 13.4. The van der Waals surface area contributed by atoms with Crippen LogP contribution in [0.2, 0.25) is 0 Å². The minimum atomic E-state index is -0.524. The van der Waals surface area contributed by atoms with Crippen LogP contribution in [-0.4, -0.2) is 39.2 Å². The molecule has 1 aromatic heterocycles. The molecule has 0 spiro atoms. The third-order valence-corrected chi connectivity index (χ3v) is 7.34. The molecule has 6 rings (SSSR count). The summed E-state index contributed by atoms with van der Waals surface area (Å²) in [5.74, 6) is 2.91. The zero-order valence-electron chi connectivity index (χ0n) is 17.7. The van der Waals surface area contributed by atoms with Crippen LogP contribution in [0, 0.1) is 23.2 Å². The summed E-state index contributed by atoms with van der Waals surface area (Å²) in [4.78, 5) is 27.6. The molecule has 158 valence electrons. The van der Waals surface area contributed by atoms with Gasteiger partial charge in [-0.3, -0.25) is 9.89 Å². The molecule has 2 heterocycles. The molecule has 7 heteroatoms. The number of hydrogen-bond acceptors (Lipinski definition) is 4. The van der Waals surface area contributed by atoms with Crippen LogP contribution in [0.1, 0.15) is 70.6 Å². The van der Waals surface area contributed by atoms with Crippen molar-refractivity contribution in [2.75, 3.05) is 11.9 Å². The van der Waals surface area contributed by atoms with Crippen molar-refractivity contribution in [2.45, 2.75) is 77.9 Å². The summed E-state index contributed by atoms with van der Waals surface area (Å²) < 4.78 is 5.52. The quantitative estimate of drug-likeness (QED) is 0.789. The lowest BCUT2D eigenvalue weighted by atomic mass is 9.49. The number of anilines is 1. The van der Waals surface area contributed by atoms with Crippen LogP contribution in [-0.2, 0) is 22.5 Å². The molecule has 4 aliphatic carbocycles. The van der Waals surface area contributed by atoms with Crippen LogP contribution in [0.25, 0.3) is 0 Å². The van der Waals surface area contributed by atoms with E-state index >= 15 is 0 Å². The van der Waals surface area contributed by atoms with E-state index in [0.717, 1.165) is 48.3 Å². The average molecular weight is 401 g/mol. The van der Waals surface area contributed by atoms with Crippen molar-refractivity contribution >= 4 is 17.8 Å². The fourth-order valence-corrected chi connectivity index (χ4v) is 6.51. The Bertz CT molecular complexity index is 802. The van der Waals surface area contributed by atoms with Crippen molar-refractivity contribution in [2.24, 2.45) is 23.2 Å². The van der Waals surface area contributed by atoms with E-state index in [2.05, 4.69) is 15.5 Å². The molecule has 1 aliphatic heterocycles. The largest absolute Gasteiger partial charge is 0.444 e. The second-order valence-corrected chi connectivity index (χ2v) is 10.8. The number of nitrogens with one attached hydrogen (secondary N) is 2. The normalized spacial score (nSPS) is 32.8. The van der Waals surface area contributed by atoms with Crippen LogP contribution in [0.15, 0.2) is 0 Å². The van der Waals surface area contributed by atoms with Crippen molar-refractivity contribution in [1.82, 2.24) is 15.1 Å². The highest BCUT2D eigenvalue weighted by molar-refractivity contribution is 5.95. The van der Waals surface area contributed by atoms with E-state index in [0.29, 0.717) is 25.3 Å². The summed E-state index contributed by atoms with van der Waals surface area (Å²) in [7, 11) is 0. The molecule has 0 unspecified atom stereocenters. The van der Waals surface area contributed by atoms with Gasteiger partial charge in [0.05, 0.1) is 12.0 Å². The van der Waals surface area contributed by atoms with Gasteiger partial charge in [-0.15, -0.1) is 0 Å². The van der Waals surface area contributed by atoms with Gasteiger partial charge < -0.3 is 15.0 Å². The summed E-state index contributed by atoms with van der Waals surface area (Å²) in [5.41, 5.74) is 1.19. The Balaban J connectivity index is 1.31. The minimum absolute atomic E-state index is 0.139. The van der Waals surface area contributed by atoms with Gasteiger partial charge in [0.15, 0.2) is 5.82 Å². The molecule has 7 nitrogen and oxygen atoms in total. The summed E-state index contributed by atoms with van der Waals surface area (Å²) in [6.45, 7) is 6.61. The first-order chi connectivity index (χ1) is 13.7. The fraction of sp³-hybridized carbons (Fsp3) is 0.773. The van der Waals surface area contributed by atoms with Gasteiger partial charge in [0.25, 0.3) is 0 Å². The minimum Gasteiger partial charge on any atom is -0.444 e. The molecule has 0 aromatic carbocycles. The zero-order chi connectivity index (χ0) is 20.4. The molecule has 2 N–H and O–H groups in total. The number of ether oxygens (including phenoxy) is 1. The Hall–Kier alpha value is -2.05. The highest BCUT2D eigenvalue weighted by Gasteiger charge is 2.54. The molecule has 1 aromatic rings. The molecule has 4 saturated carbocycles. The Morgan fingerprint density at radius 2 is 1.76 bits per heavy atom. The van der Waals surface area contributed by atoms with Crippen molar-refractivity contribution in [1.29, 1.82) is 0 Å². The maximum Gasteiger partial charge on any atom is 0.410 e. The number of aromatic nitrogens is 2. The van der Waals surface area contributed by atoms with Gasteiger partial charge >= 0.3 is 6.09 Å². The monoisotopic (exact) mass is 400 g/mol. The van der Waals surface area contributed by atoms with Crippen LogP contribution >= 0.6 is 0 Å². The van der Waals surface area contributed by atoms with Crippen molar-refractivity contribution in [3.05, 3.63) is 11.3 Å². The lowest BCUT2D eigenvalue weighted by Crippen LogP contribution is -2.51. The molecule has 2 amide bonds. The fourth-order valence-electron chi connectivity index (χ4n) is 6.51. The van der Waals surface area contributed by atoms with E-state index in [1.54, 1.807) is 4.90 Å². The number of aromatic amines is 1. The lowest BCUT2D eigenvalue weighted by molar-refractivity contribution is -0.140. The van der Waals surface area contributed by atoms with Gasteiger partial charge in [0.2, 0.25) is 5.91 Å². The first-order valence-corrected chi connectivity index (χ1v) is 11.1. The standard InChI is InChI=1S/C22H32N4O3/c1-21(2,3)29-20(28)26-5-4-17-16(12-26)18(25-24-17)23-19(27)22-9-13-6-14(10-22)8-15(7-13)11-22/h13-15H,4-12H2,1-3H3,(H2,23,24,25,27). The predicted octanol–water partition coefficient (Wildman–Crippen LogP) is 3.86. The molecule has 29 heavy (non-hydrogen) atoms. The van der Waals surface area contributed by atoms with Crippen LogP contribution in [0.5, 0.6) is 0 Å². The van der Waals surface area contributed by atoms with E-state index in [1.807, 2.05) is 20.8 Å². The third-order valence-electron chi connectivity index (χ3n) is 7.34. The Labute approximate surface area is 171 Å². The second kappa shape index (κ2) is 6.47. The highest BCUT2D eigenvalue weighted by Crippen LogP contribution is 2.60. The van der Waals surface area contributed by atoms with Gasteiger partial charge in [-0.1, -0.05) is 0 Å². The predicted molar refractivity (Wildman–Crippen MR) is 108 cm³/mol. The molecule has 0 radical (unpaired) electrons. The number of H-pyrrole nitrogens is 1. The van der Waals surface area contributed by atoms with E-state index in [4.69, 9.17) is 4.74 Å². The van der Waals surface area contributed by atoms with Crippen molar-refractivity contribution in [3.63, 3.8) is 0 Å². The van der Waals surface area contributed by atoms with Crippen LogP contribution in [0.4, 0.5) is 10.6 Å². The number of carbonyl (C=O) groups is 2. The summed E-state index contributed by atoms with van der Waals surface area (Å²) in [6.07, 6.45) is 7.40. The smallest absolute Gasteiger partial charge is 0.410 e. The number of fused-ring (bicyclic) bond motifs is 1. The Kier molecular flexibility index (Phi) is 4.23. The number of nitrogens with zero attached hydrogens (tertiary/aromatic N) is 2. The van der Waals surface area contributed by atoms with E-state index in [-0.39, 0.29) is 17.4 Å². The van der Waals surface area contributed by atoms with Gasteiger partial charge in [-0.05, 0) is 77.0 Å². The highest BCUT2D eigenvalue weighted by atomic mass is 16.6.